The summed E-state index contributed by atoms with van der Waals surface area (Å²) in [6.07, 6.45) is 6.04. The number of nitrogens with two attached hydrogens (primary N) is 1. The molecular formula is C13H15FN2O. The second-order valence-corrected chi connectivity index (χ2v) is 3.68. The van der Waals surface area contributed by atoms with E-state index in [1.54, 1.807) is 0 Å². The second-order valence-electron chi connectivity index (χ2n) is 3.68. The first-order valence-corrected chi connectivity index (χ1v) is 5.36. The minimum atomic E-state index is -0.574. The summed E-state index contributed by atoms with van der Waals surface area (Å²) in [6.45, 7) is 2.21. The molecule has 0 radical (unpaired) electrons. The van der Waals surface area contributed by atoms with Crippen LogP contribution in [0.25, 0.3) is 0 Å². The van der Waals surface area contributed by atoms with Gasteiger partial charge >= 0.3 is 0 Å². The lowest BCUT2D eigenvalue weighted by Gasteiger charge is -2.11. The number of benzene rings is 1. The lowest BCUT2D eigenvalue weighted by Crippen LogP contribution is -2.26. The highest BCUT2D eigenvalue weighted by Gasteiger charge is 2.08. The fourth-order valence-electron chi connectivity index (χ4n) is 1.42. The van der Waals surface area contributed by atoms with Gasteiger partial charge in [0, 0.05) is 17.7 Å². The average Bonchev–Trinajstić information content (AvgIpc) is 2.32. The van der Waals surface area contributed by atoms with E-state index >= 15 is 0 Å². The molecule has 90 valence electrons. The molecule has 17 heavy (non-hydrogen) atoms. The molecule has 0 aromatic heterocycles. The average molecular weight is 234 g/mol. The Hall–Kier alpha value is -1.86. The van der Waals surface area contributed by atoms with Crippen LogP contribution >= 0.6 is 0 Å². The molecule has 1 atom stereocenters. The van der Waals surface area contributed by atoms with E-state index in [0.717, 1.165) is 6.42 Å². The number of hydrogen-bond donors (Lipinski definition) is 2. The Morgan fingerprint density at radius 1 is 1.65 bits per heavy atom. The summed E-state index contributed by atoms with van der Waals surface area (Å²) in [7, 11) is 0. The normalized spacial score (nSPS) is 11.8. The zero-order valence-electron chi connectivity index (χ0n) is 9.66. The molecule has 0 aliphatic carbocycles. The number of amides is 1. The van der Waals surface area contributed by atoms with E-state index in [0.29, 0.717) is 5.56 Å². The third-order valence-electron chi connectivity index (χ3n) is 2.48. The number of terminal acetylenes is 1. The van der Waals surface area contributed by atoms with Gasteiger partial charge in [0.15, 0.2) is 0 Å². The molecule has 0 aliphatic rings. The maximum absolute atomic E-state index is 13.4. The van der Waals surface area contributed by atoms with Crippen molar-refractivity contribution in [2.24, 2.45) is 5.73 Å². The van der Waals surface area contributed by atoms with Gasteiger partial charge in [-0.3, -0.25) is 10.1 Å². The van der Waals surface area contributed by atoms with Crippen molar-refractivity contribution in [1.29, 1.82) is 0 Å². The molecule has 0 bridgehead atoms. The molecule has 1 amide bonds. The van der Waals surface area contributed by atoms with Gasteiger partial charge in [-0.25, -0.2) is 4.39 Å². The molecule has 4 heteroatoms. The number of hydrogen-bond acceptors (Lipinski definition) is 2. The van der Waals surface area contributed by atoms with Gasteiger partial charge in [0.2, 0.25) is 5.91 Å². The van der Waals surface area contributed by atoms with Crippen molar-refractivity contribution in [3.8, 4) is 12.3 Å². The van der Waals surface area contributed by atoms with Crippen LogP contribution in [0.3, 0.4) is 0 Å². The Balaban J connectivity index is 2.80. The smallest absolute Gasteiger partial charge is 0.248 e. The number of carbonyl (C=O) groups is 1. The molecular weight excluding hydrogens is 219 g/mol. The third kappa shape index (κ3) is 3.58. The van der Waals surface area contributed by atoms with Crippen LogP contribution in [0.1, 0.15) is 29.3 Å². The van der Waals surface area contributed by atoms with Crippen LogP contribution in [-0.4, -0.2) is 11.9 Å². The molecule has 0 saturated heterocycles. The zero-order valence-corrected chi connectivity index (χ0v) is 9.66. The molecule has 0 heterocycles. The monoisotopic (exact) mass is 234 g/mol. The van der Waals surface area contributed by atoms with E-state index < -0.39 is 5.91 Å². The largest absolute Gasteiger partial charge is 0.366 e. The maximum atomic E-state index is 13.4. The highest BCUT2D eigenvalue weighted by atomic mass is 19.1. The predicted molar refractivity (Wildman–Crippen MR) is 64.7 cm³/mol. The van der Waals surface area contributed by atoms with Gasteiger partial charge in [-0.2, -0.15) is 0 Å². The third-order valence-corrected chi connectivity index (χ3v) is 2.48. The Labute approximate surface area is 100 Å². The quantitative estimate of drug-likeness (QED) is 0.757. The van der Waals surface area contributed by atoms with E-state index in [1.807, 2.05) is 6.92 Å². The molecule has 0 fully saturated rings. The van der Waals surface area contributed by atoms with Crippen LogP contribution in [0, 0.1) is 18.2 Å². The Bertz CT molecular complexity index is 451. The van der Waals surface area contributed by atoms with Crippen LogP contribution in [0.2, 0.25) is 0 Å². The van der Waals surface area contributed by atoms with Gasteiger partial charge in [0.05, 0.1) is 6.04 Å². The fraction of sp³-hybridized carbons (Fsp3) is 0.308. The first-order valence-electron chi connectivity index (χ1n) is 5.36. The predicted octanol–water partition coefficient (Wildman–Crippen LogP) is 1.43. The van der Waals surface area contributed by atoms with E-state index in [2.05, 4.69) is 11.2 Å². The molecule has 1 unspecified atom stereocenters. The Morgan fingerprint density at radius 2 is 2.35 bits per heavy atom. The molecule has 1 rings (SSSR count). The van der Waals surface area contributed by atoms with Gasteiger partial charge in [0.1, 0.15) is 5.82 Å². The number of halogens is 1. The zero-order chi connectivity index (χ0) is 12.8. The summed E-state index contributed by atoms with van der Waals surface area (Å²) in [5, 5.41) is 3.01. The van der Waals surface area contributed by atoms with Crippen LogP contribution < -0.4 is 11.1 Å². The van der Waals surface area contributed by atoms with Crippen LogP contribution in [-0.2, 0) is 6.54 Å². The molecule has 1 aromatic carbocycles. The van der Waals surface area contributed by atoms with E-state index in [-0.39, 0.29) is 24.0 Å². The van der Waals surface area contributed by atoms with E-state index in [9.17, 15) is 9.18 Å². The van der Waals surface area contributed by atoms with Crippen LogP contribution in [0.4, 0.5) is 4.39 Å². The van der Waals surface area contributed by atoms with E-state index in [1.165, 1.54) is 18.2 Å². The van der Waals surface area contributed by atoms with E-state index in [4.69, 9.17) is 12.2 Å². The molecule has 0 aliphatic heterocycles. The van der Waals surface area contributed by atoms with Crippen molar-refractivity contribution in [1.82, 2.24) is 5.32 Å². The van der Waals surface area contributed by atoms with Crippen molar-refractivity contribution < 1.29 is 9.18 Å². The molecule has 3 nitrogen and oxygen atoms in total. The first kappa shape index (κ1) is 13.2. The van der Waals surface area contributed by atoms with Gasteiger partial charge in [-0.15, -0.1) is 6.42 Å². The highest BCUT2D eigenvalue weighted by Crippen LogP contribution is 2.10. The van der Waals surface area contributed by atoms with Crippen LogP contribution in [0.15, 0.2) is 18.2 Å². The minimum Gasteiger partial charge on any atom is -0.366 e. The topological polar surface area (TPSA) is 55.1 Å². The molecule has 0 saturated carbocycles. The maximum Gasteiger partial charge on any atom is 0.248 e. The summed E-state index contributed by atoms with van der Waals surface area (Å²) in [5.74, 6) is 1.60. The number of primary amides is 1. The van der Waals surface area contributed by atoms with Gasteiger partial charge in [-0.1, -0.05) is 12.8 Å². The lowest BCUT2D eigenvalue weighted by molar-refractivity contribution is 0.1000. The van der Waals surface area contributed by atoms with Crippen molar-refractivity contribution >= 4 is 5.91 Å². The SMILES string of the molecule is C#CC(CC)NCc1cc(C(N)=O)ccc1F. The molecule has 3 N–H and O–H groups in total. The summed E-state index contributed by atoms with van der Waals surface area (Å²) in [5.41, 5.74) is 5.80. The summed E-state index contributed by atoms with van der Waals surface area (Å²) < 4.78 is 13.4. The van der Waals surface area contributed by atoms with Gasteiger partial charge < -0.3 is 5.73 Å². The molecule has 1 aromatic rings. The first-order chi connectivity index (χ1) is 8.08. The minimum absolute atomic E-state index is 0.105. The fourth-order valence-corrected chi connectivity index (χ4v) is 1.42. The van der Waals surface area contributed by atoms with Gasteiger partial charge in [0.25, 0.3) is 0 Å². The van der Waals surface area contributed by atoms with Crippen molar-refractivity contribution in [2.45, 2.75) is 25.9 Å². The molecule has 0 spiro atoms. The van der Waals surface area contributed by atoms with Gasteiger partial charge in [-0.05, 0) is 24.6 Å². The van der Waals surface area contributed by atoms with Crippen molar-refractivity contribution in [3.05, 3.63) is 35.1 Å². The number of nitrogens with one attached hydrogen (secondary N) is 1. The second kappa shape index (κ2) is 6.02. The Morgan fingerprint density at radius 3 is 2.88 bits per heavy atom. The number of carbonyl (C=O) groups excluding carboxylic acids is 1. The summed E-state index contributed by atoms with van der Waals surface area (Å²) in [4.78, 5) is 11.0. The number of rotatable bonds is 5. The standard InChI is InChI=1S/C13H15FN2O/c1-3-11(4-2)16-8-10-7-9(13(15)17)5-6-12(10)14/h1,5-7,11,16H,4,8H2,2H3,(H2,15,17). The van der Waals surface area contributed by atoms with Crippen LogP contribution in [0.5, 0.6) is 0 Å². The summed E-state index contributed by atoms with van der Waals surface area (Å²) in [6, 6.07) is 3.92. The summed E-state index contributed by atoms with van der Waals surface area (Å²) >= 11 is 0. The Kier molecular flexibility index (Phi) is 4.68. The van der Waals surface area contributed by atoms with Crippen molar-refractivity contribution in [2.75, 3.05) is 0 Å². The highest BCUT2D eigenvalue weighted by molar-refractivity contribution is 5.92. The lowest BCUT2D eigenvalue weighted by atomic mass is 10.1. The van der Waals surface area contributed by atoms with Crippen molar-refractivity contribution in [3.63, 3.8) is 0 Å².